The molecule has 22 heavy (non-hydrogen) atoms. The topological polar surface area (TPSA) is 46.2 Å². The van der Waals surface area contributed by atoms with Gasteiger partial charge in [-0.2, -0.15) is 0 Å². The fourth-order valence-electron chi connectivity index (χ4n) is 2.91. The second kappa shape index (κ2) is 6.42. The van der Waals surface area contributed by atoms with E-state index in [1.807, 2.05) is 23.5 Å². The van der Waals surface area contributed by atoms with Gasteiger partial charge in [-0.1, -0.05) is 12.1 Å². The minimum atomic E-state index is -2.90. The van der Waals surface area contributed by atoms with Gasteiger partial charge in [-0.05, 0) is 60.4 Å². The summed E-state index contributed by atoms with van der Waals surface area (Å²) in [5.41, 5.74) is 3.61. The Labute approximate surface area is 136 Å². The summed E-state index contributed by atoms with van der Waals surface area (Å²) in [5, 5.41) is 5.79. The van der Waals surface area contributed by atoms with Gasteiger partial charge in [0.15, 0.2) is 0 Å². The van der Waals surface area contributed by atoms with Gasteiger partial charge in [0.2, 0.25) is 0 Å². The SMILES string of the molecule is CS(=O)(=O)CCc1ccc(NC2CCCc3sccc32)cc1. The Morgan fingerprint density at radius 2 is 2.00 bits per heavy atom. The summed E-state index contributed by atoms with van der Waals surface area (Å²) in [6, 6.07) is 10.8. The van der Waals surface area contributed by atoms with E-state index in [1.165, 1.54) is 36.0 Å². The highest BCUT2D eigenvalue weighted by molar-refractivity contribution is 7.90. The van der Waals surface area contributed by atoms with Crippen molar-refractivity contribution in [3.05, 3.63) is 51.7 Å². The molecule has 0 aliphatic heterocycles. The van der Waals surface area contributed by atoms with Gasteiger partial charge in [0.25, 0.3) is 0 Å². The third-order valence-electron chi connectivity index (χ3n) is 4.11. The number of hydrogen-bond acceptors (Lipinski definition) is 4. The number of aryl methyl sites for hydroxylation is 2. The lowest BCUT2D eigenvalue weighted by atomic mass is 9.94. The van der Waals surface area contributed by atoms with Gasteiger partial charge in [-0.3, -0.25) is 0 Å². The Balaban J connectivity index is 1.65. The molecular weight excluding hydrogens is 314 g/mol. The van der Waals surface area contributed by atoms with Crippen molar-refractivity contribution in [1.29, 1.82) is 0 Å². The Morgan fingerprint density at radius 3 is 2.73 bits per heavy atom. The predicted octanol–water partition coefficient (Wildman–Crippen LogP) is 3.82. The Morgan fingerprint density at radius 1 is 1.23 bits per heavy atom. The molecule has 0 bridgehead atoms. The van der Waals surface area contributed by atoms with Crippen LogP contribution in [0.1, 0.15) is 34.9 Å². The molecule has 1 aliphatic rings. The number of hydrogen-bond donors (Lipinski definition) is 1. The Hall–Kier alpha value is -1.33. The van der Waals surface area contributed by atoms with Gasteiger partial charge in [-0.25, -0.2) is 8.42 Å². The molecule has 0 saturated heterocycles. The van der Waals surface area contributed by atoms with Gasteiger partial charge >= 0.3 is 0 Å². The molecule has 1 N–H and O–H groups in total. The number of anilines is 1. The zero-order valence-electron chi connectivity index (χ0n) is 12.7. The highest BCUT2D eigenvalue weighted by Gasteiger charge is 2.20. The fraction of sp³-hybridized carbons (Fsp3) is 0.412. The molecule has 3 nitrogen and oxygen atoms in total. The molecule has 0 saturated carbocycles. The summed E-state index contributed by atoms with van der Waals surface area (Å²) in [6.07, 6.45) is 5.47. The lowest BCUT2D eigenvalue weighted by Gasteiger charge is -2.24. The van der Waals surface area contributed by atoms with E-state index in [9.17, 15) is 8.42 Å². The molecule has 0 fully saturated rings. The fourth-order valence-corrected chi connectivity index (χ4v) is 4.50. The molecule has 2 aromatic rings. The lowest BCUT2D eigenvalue weighted by molar-refractivity contribution is 0.601. The summed E-state index contributed by atoms with van der Waals surface area (Å²) in [6.45, 7) is 0. The van der Waals surface area contributed by atoms with Crippen LogP contribution >= 0.6 is 11.3 Å². The largest absolute Gasteiger partial charge is 0.378 e. The van der Waals surface area contributed by atoms with Crippen LogP contribution in [-0.4, -0.2) is 20.4 Å². The van der Waals surface area contributed by atoms with Crippen molar-refractivity contribution in [2.24, 2.45) is 0 Å². The second-order valence-electron chi connectivity index (χ2n) is 5.97. The Bertz CT molecular complexity index is 732. The molecule has 1 aromatic carbocycles. The lowest BCUT2D eigenvalue weighted by Crippen LogP contribution is -2.15. The van der Waals surface area contributed by atoms with Crippen LogP contribution in [0.25, 0.3) is 0 Å². The van der Waals surface area contributed by atoms with E-state index in [0.29, 0.717) is 12.5 Å². The Kier molecular flexibility index (Phi) is 4.54. The number of rotatable bonds is 5. The van der Waals surface area contributed by atoms with Gasteiger partial charge in [0, 0.05) is 16.8 Å². The molecule has 1 heterocycles. The van der Waals surface area contributed by atoms with Crippen LogP contribution in [0, 0.1) is 0 Å². The van der Waals surface area contributed by atoms with Crippen molar-refractivity contribution in [2.75, 3.05) is 17.3 Å². The minimum Gasteiger partial charge on any atom is -0.378 e. The maximum atomic E-state index is 11.2. The highest BCUT2D eigenvalue weighted by Crippen LogP contribution is 2.35. The summed E-state index contributed by atoms with van der Waals surface area (Å²) in [4.78, 5) is 1.51. The summed E-state index contributed by atoms with van der Waals surface area (Å²) in [7, 11) is -2.90. The van der Waals surface area contributed by atoms with E-state index in [2.05, 4.69) is 28.9 Å². The van der Waals surface area contributed by atoms with Crippen LogP contribution in [-0.2, 0) is 22.7 Å². The average Bonchev–Trinajstić information content (AvgIpc) is 2.95. The van der Waals surface area contributed by atoms with Gasteiger partial charge in [-0.15, -0.1) is 11.3 Å². The number of sulfone groups is 1. The maximum absolute atomic E-state index is 11.2. The average molecular weight is 335 g/mol. The van der Waals surface area contributed by atoms with Gasteiger partial charge in [0.05, 0.1) is 11.8 Å². The molecule has 5 heteroatoms. The monoisotopic (exact) mass is 335 g/mol. The third kappa shape index (κ3) is 3.90. The van der Waals surface area contributed by atoms with Crippen molar-refractivity contribution in [2.45, 2.75) is 31.7 Å². The molecule has 1 atom stereocenters. The van der Waals surface area contributed by atoms with Gasteiger partial charge in [0.1, 0.15) is 9.84 Å². The van der Waals surface area contributed by atoms with Crippen molar-refractivity contribution in [3.8, 4) is 0 Å². The standard InChI is InChI=1S/C17H21NO2S2/c1-22(19,20)12-10-13-5-7-14(8-6-13)18-16-3-2-4-17-15(16)9-11-21-17/h5-9,11,16,18H,2-4,10,12H2,1H3. The first-order valence-electron chi connectivity index (χ1n) is 7.61. The minimum absolute atomic E-state index is 0.209. The highest BCUT2D eigenvalue weighted by atomic mass is 32.2. The molecule has 1 aromatic heterocycles. The summed E-state index contributed by atoms with van der Waals surface area (Å²) >= 11 is 1.85. The second-order valence-corrected chi connectivity index (χ2v) is 9.23. The first-order chi connectivity index (χ1) is 10.5. The van der Waals surface area contributed by atoms with Crippen LogP contribution < -0.4 is 5.32 Å². The van der Waals surface area contributed by atoms with Crippen LogP contribution in [0.2, 0.25) is 0 Å². The summed E-state index contributed by atoms with van der Waals surface area (Å²) in [5.74, 6) is 0.209. The number of benzene rings is 1. The predicted molar refractivity (Wildman–Crippen MR) is 93.5 cm³/mol. The van der Waals surface area contributed by atoms with Crippen molar-refractivity contribution in [3.63, 3.8) is 0 Å². The van der Waals surface area contributed by atoms with Crippen molar-refractivity contribution >= 4 is 26.9 Å². The number of fused-ring (bicyclic) bond motifs is 1. The van der Waals surface area contributed by atoms with E-state index in [4.69, 9.17) is 0 Å². The van der Waals surface area contributed by atoms with Crippen LogP contribution in [0.4, 0.5) is 5.69 Å². The van der Waals surface area contributed by atoms with Crippen LogP contribution in [0.3, 0.4) is 0 Å². The van der Waals surface area contributed by atoms with Crippen LogP contribution in [0.5, 0.6) is 0 Å². The smallest absolute Gasteiger partial charge is 0.147 e. The zero-order chi connectivity index (χ0) is 15.6. The number of nitrogens with one attached hydrogen (secondary N) is 1. The molecular formula is C17H21NO2S2. The number of thiophene rings is 1. The first-order valence-corrected chi connectivity index (χ1v) is 10.5. The van der Waals surface area contributed by atoms with Crippen LogP contribution in [0.15, 0.2) is 35.7 Å². The molecule has 1 unspecified atom stereocenters. The van der Waals surface area contributed by atoms with Crippen molar-refractivity contribution in [1.82, 2.24) is 0 Å². The summed E-state index contributed by atoms with van der Waals surface area (Å²) < 4.78 is 22.4. The molecule has 0 spiro atoms. The zero-order valence-corrected chi connectivity index (χ0v) is 14.3. The molecule has 0 amide bonds. The van der Waals surface area contributed by atoms with E-state index in [1.54, 1.807) is 0 Å². The normalized spacial score (nSPS) is 18.0. The van der Waals surface area contributed by atoms with Crippen molar-refractivity contribution < 1.29 is 8.42 Å². The van der Waals surface area contributed by atoms with Gasteiger partial charge < -0.3 is 5.32 Å². The molecule has 1 aliphatic carbocycles. The quantitative estimate of drug-likeness (QED) is 0.903. The van der Waals surface area contributed by atoms with E-state index in [-0.39, 0.29) is 5.75 Å². The maximum Gasteiger partial charge on any atom is 0.147 e. The van der Waals surface area contributed by atoms with E-state index < -0.39 is 9.84 Å². The molecule has 118 valence electrons. The third-order valence-corrected chi connectivity index (χ3v) is 6.05. The molecule has 3 rings (SSSR count). The first kappa shape index (κ1) is 15.6. The van der Waals surface area contributed by atoms with E-state index >= 15 is 0 Å². The molecule has 0 radical (unpaired) electrons. The van der Waals surface area contributed by atoms with E-state index in [0.717, 1.165) is 11.3 Å².